The number of rotatable bonds is 7. The molecule has 0 unspecified atom stereocenters. The van der Waals surface area contributed by atoms with Gasteiger partial charge in [-0.3, -0.25) is 4.79 Å². The first-order valence-electron chi connectivity index (χ1n) is 7.45. The third-order valence-electron chi connectivity index (χ3n) is 3.34. The van der Waals surface area contributed by atoms with Gasteiger partial charge in [0.2, 0.25) is 0 Å². The Labute approximate surface area is 131 Å². The highest BCUT2D eigenvalue weighted by atomic mass is 79.9. The molecule has 20 heavy (non-hydrogen) atoms. The lowest BCUT2D eigenvalue weighted by Crippen LogP contribution is -2.34. The van der Waals surface area contributed by atoms with E-state index >= 15 is 0 Å². The van der Waals surface area contributed by atoms with Gasteiger partial charge in [-0.05, 0) is 52.7 Å². The van der Waals surface area contributed by atoms with Gasteiger partial charge in [-0.2, -0.15) is 0 Å². The summed E-state index contributed by atoms with van der Waals surface area (Å²) in [6, 6.07) is 7.68. The molecule has 112 valence electrons. The topological polar surface area (TPSA) is 20.3 Å². The second-order valence-electron chi connectivity index (χ2n) is 6.14. The van der Waals surface area contributed by atoms with Crippen LogP contribution in [0.2, 0.25) is 0 Å². The van der Waals surface area contributed by atoms with Crippen LogP contribution in [-0.4, -0.2) is 23.9 Å². The zero-order valence-corrected chi connectivity index (χ0v) is 14.6. The molecule has 0 saturated heterocycles. The van der Waals surface area contributed by atoms with E-state index in [1.165, 1.54) is 0 Å². The molecule has 0 bridgehead atoms. The predicted octanol–water partition coefficient (Wildman–Crippen LogP) is 4.98. The SMILES string of the molecule is CC(C)CCN(CCC(C)C)C(=O)c1ccccc1Br. The van der Waals surface area contributed by atoms with Crippen LogP contribution in [0.5, 0.6) is 0 Å². The Balaban J connectivity index is 2.80. The van der Waals surface area contributed by atoms with Crippen LogP contribution in [0.4, 0.5) is 0 Å². The van der Waals surface area contributed by atoms with E-state index in [1.54, 1.807) is 0 Å². The number of carbonyl (C=O) groups is 1. The van der Waals surface area contributed by atoms with Crippen LogP contribution < -0.4 is 0 Å². The number of hydrogen-bond acceptors (Lipinski definition) is 1. The summed E-state index contributed by atoms with van der Waals surface area (Å²) in [5, 5.41) is 0. The minimum Gasteiger partial charge on any atom is -0.339 e. The van der Waals surface area contributed by atoms with Gasteiger partial charge in [-0.1, -0.05) is 39.8 Å². The highest BCUT2D eigenvalue weighted by Crippen LogP contribution is 2.19. The largest absolute Gasteiger partial charge is 0.339 e. The molecule has 1 aromatic carbocycles. The number of hydrogen-bond donors (Lipinski definition) is 0. The van der Waals surface area contributed by atoms with Crippen molar-refractivity contribution in [1.29, 1.82) is 0 Å². The fourth-order valence-corrected chi connectivity index (χ4v) is 2.40. The Hall–Kier alpha value is -0.830. The van der Waals surface area contributed by atoms with E-state index in [9.17, 15) is 4.79 Å². The Morgan fingerprint density at radius 1 is 1.05 bits per heavy atom. The van der Waals surface area contributed by atoms with Crippen molar-refractivity contribution < 1.29 is 4.79 Å². The summed E-state index contributed by atoms with van der Waals surface area (Å²) in [4.78, 5) is 14.7. The van der Waals surface area contributed by atoms with E-state index in [2.05, 4.69) is 43.6 Å². The second kappa shape index (κ2) is 8.46. The Kier molecular flexibility index (Phi) is 7.28. The maximum atomic E-state index is 12.7. The first kappa shape index (κ1) is 17.2. The number of nitrogens with zero attached hydrogens (tertiary/aromatic N) is 1. The standard InChI is InChI=1S/C17H26BrNO/c1-13(2)9-11-19(12-10-14(3)4)17(20)15-7-5-6-8-16(15)18/h5-8,13-14H,9-12H2,1-4H3. The minimum atomic E-state index is 0.138. The zero-order valence-electron chi connectivity index (χ0n) is 13.0. The van der Waals surface area contributed by atoms with Gasteiger partial charge >= 0.3 is 0 Å². The molecule has 0 aliphatic carbocycles. The van der Waals surface area contributed by atoms with Crippen LogP contribution in [0.1, 0.15) is 50.9 Å². The number of benzene rings is 1. The van der Waals surface area contributed by atoms with Crippen LogP contribution in [-0.2, 0) is 0 Å². The van der Waals surface area contributed by atoms with E-state index in [4.69, 9.17) is 0 Å². The van der Waals surface area contributed by atoms with Gasteiger partial charge in [0.25, 0.3) is 5.91 Å². The maximum absolute atomic E-state index is 12.7. The van der Waals surface area contributed by atoms with Crippen molar-refractivity contribution in [2.75, 3.05) is 13.1 Å². The molecule has 0 aromatic heterocycles. The molecule has 0 N–H and O–H groups in total. The molecule has 0 aliphatic rings. The van der Waals surface area contributed by atoms with E-state index in [-0.39, 0.29) is 5.91 Å². The summed E-state index contributed by atoms with van der Waals surface area (Å²) in [6.45, 7) is 10.5. The highest BCUT2D eigenvalue weighted by Gasteiger charge is 2.18. The van der Waals surface area contributed by atoms with Crippen LogP contribution in [0.3, 0.4) is 0 Å². The quantitative estimate of drug-likeness (QED) is 0.685. The molecular weight excluding hydrogens is 314 g/mol. The van der Waals surface area contributed by atoms with Gasteiger partial charge < -0.3 is 4.90 Å². The van der Waals surface area contributed by atoms with E-state index in [0.29, 0.717) is 11.8 Å². The lowest BCUT2D eigenvalue weighted by Gasteiger charge is -2.25. The van der Waals surface area contributed by atoms with Crippen molar-refractivity contribution in [2.24, 2.45) is 11.8 Å². The minimum absolute atomic E-state index is 0.138. The number of halogens is 1. The average Bonchev–Trinajstić information content (AvgIpc) is 2.38. The fraction of sp³-hybridized carbons (Fsp3) is 0.588. The Morgan fingerprint density at radius 3 is 2.00 bits per heavy atom. The van der Waals surface area contributed by atoms with Gasteiger partial charge in [0, 0.05) is 17.6 Å². The third kappa shape index (κ3) is 5.66. The van der Waals surface area contributed by atoms with Gasteiger partial charge in [-0.15, -0.1) is 0 Å². The average molecular weight is 340 g/mol. The highest BCUT2D eigenvalue weighted by molar-refractivity contribution is 9.10. The van der Waals surface area contributed by atoms with Crippen molar-refractivity contribution in [3.63, 3.8) is 0 Å². The van der Waals surface area contributed by atoms with E-state index in [0.717, 1.165) is 36.0 Å². The molecule has 0 spiro atoms. The summed E-state index contributed by atoms with van der Waals surface area (Å²) >= 11 is 3.48. The van der Waals surface area contributed by atoms with Gasteiger partial charge in [0.15, 0.2) is 0 Å². The molecule has 0 aliphatic heterocycles. The van der Waals surface area contributed by atoms with Crippen LogP contribution in [0.25, 0.3) is 0 Å². The van der Waals surface area contributed by atoms with Crippen molar-refractivity contribution in [1.82, 2.24) is 4.90 Å². The summed E-state index contributed by atoms with van der Waals surface area (Å²) < 4.78 is 0.879. The Morgan fingerprint density at radius 2 is 1.55 bits per heavy atom. The zero-order chi connectivity index (χ0) is 15.1. The molecule has 0 atom stereocenters. The van der Waals surface area contributed by atoms with E-state index in [1.807, 2.05) is 29.2 Å². The van der Waals surface area contributed by atoms with Crippen LogP contribution >= 0.6 is 15.9 Å². The van der Waals surface area contributed by atoms with Gasteiger partial charge in [0.1, 0.15) is 0 Å². The molecule has 1 amide bonds. The number of amides is 1. The molecule has 0 radical (unpaired) electrons. The first-order chi connectivity index (χ1) is 9.41. The second-order valence-corrected chi connectivity index (χ2v) is 6.99. The molecule has 1 rings (SSSR count). The summed E-state index contributed by atoms with van der Waals surface area (Å²) in [5.74, 6) is 1.37. The normalized spacial score (nSPS) is 11.2. The summed E-state index contributed by atoms with van der Waals surface area (Å²) in [5.41, 5.74) is 0.764. The fourth-order valence-electron chi connectivity index (χ4n) is 1.95. The lowest BCUT2D eigenvalue weighted by atomic mass is 10.1. The maximum Gasteiger partial charge on any atom is 0.254 e. The molecule has 3 heteroatoms. The first-order valence-corrected chi connectivity index (χ1v) is 8.25. The summed E-state index contributed by atoms with van der Waals surface area (Å²) in [6.07, 6.45) is 2.10. The van der Waals surface area contributed by atoms with Crippen molar-refractivity contribution >= 4 is 21.8 Å². The molecule has 0 saturated carbocycles. The number of carbonyl (C=O) groups excluding carboxylic acids is 1. The van der Waals surface area contributed by atoms with Crippen molar-refractivity contribution in [3.05, 3.63) is 34.3 Å². The predicted molar refractivity (Wildman–Crippen MR) is 89.0 cm³/mol. The van der Waals surface area contributed by atoms with Crippen LogP contribution in [0, 0.1) is 11.8 Å². The van der Waals surface area contributed by atoms with E-state index < -0.39 is 0 Å². The smallest absolute Gasteiger partial charge is 0.254 e. The van der Waals surface area contributed by atoms with Crippen LogP contribution in [0.15, 0.2) is 28.7 Å². The van der Waals surface area contributed by atoms with Crippen molar-refractivity contribution in [3.8, 4) is 0 Å². The monoisotopic (exact) mass is 339 g/mol. The van der Waals surface area contributed by atoms with Gasteiger partial charge in [-0.25, -0.2) is 0 Å². The lowest BCUT2D eigenvalue weighted by molar-refractivity contribution is 0.0740. The molecule has 2 nitrogen and oxygen atoms in total. The van der Waals surface area contributed by atoms with Gasteiger partial charge in [0.05, 0.1) is 5.56 Å². The van der Waals surface area contributed by atoms with Crippen molar-refractivity contribution in [2.45, 2.75) is 40.5 Å². The molecular formula is C17H26BrNO. The molecule has 1 aromatic rings. The Bertz CT molecular complexity index is 417. The summed E-state index contributed by atoms with van der Waals surface area (Å²) in [7, 11) is 0. The molecule has 0 fully saturated rings. The molecule has 0 heterocycles. The third-order valence-corrected chi connectivity index (χ3v) is 4.04.